The third-order valence-corrected chi connectivity index (χ3v) is 5.80. The quantitative estimate of drug-likeness (QED) is 0.483. The molecule has 26 heavy (non-hydrogen) atoms. The molecule has 3 rings (SSSR count). The van der Waals surface area contributed by atoms with Gasteiger partial charge in [0.2, 0.25) is 0 Å². The second-order valence-electron chi connectivity index (χ2n) is 6.60. The van der Waals surface area contributed by atoms with Crippen LogP contribution in [0.25, 0.3) is 11.4 Å². The molecule has 0 saturated heterocycles. The average Bonchev–Trinajstić information content (AvgIpc) is 2.97. The van der Waals surface area contributed by atoms with Gasteiger partial charge in [-0.3, -0.25) is 4.79 Å². The van der Waals surface area contributed by atoms with Crippen molar-refractivity contribution >= 4 is 17.5 Å². The maximum Gasteiger partial charge on any atom is 0.191 e. The molecular weight excluding hydrogens is 342 g/mol. The molecule has 0 spiro atoms. The zero-order chi connectivity index (χ0) is 18.8. The lowest BCUT2D eigenvalue weighted by molar-refractivity contribution is 0.0993. The van der Waals surface area contributed by atoms with Gasteiger partial charge in [-0.2, -0.15) is 0 Å². The Morgan fingerprint density at radius 3 is 2.42 bits per heavy atom. The summed E-state index contributed by atoms with van der Waals surface area (Å²) in [5, 5.41) is 9.15. The van der Waals surface area contributed by atoms with Crippen LogP contribution in [0.3, 0.4) is 0 Å². The number of ketones is 1. The van der Waals surface area contributed by atoms with Gasteiger partial charge in [0, 0.05) is 18.2 Å². The van der Waals surface area contributed by atoms with Crippen LogP contribution in [0.4, 0.5) is 0 Å². The Labute approximate surface area is 158 Å². The van der Waals surface area contributed by atoms with Crippen molar-refractivity contribution in [3.05, 3.63) is 64.7 Å². The first kappa shape index (κ1) is 18.4. The predicted octanol–water partition coefficient (Wildman–Crippen LogP) is 4.77. The van der Waals surface area contributed by atoms with Crippen LogP contribution in [-0.2, 0) is 7.05 Å². The zero-order valence-electron chi connectivity index (χ0n) is 15.8. The van der Waals surface area contributed by atoms with Gasteiger partial charge in [-0.15, -0.1) is 10.2 Å². The number of hydrogen-bond acceptors (Lipinski definition) is 4. The molecule has 134 valence electrons. The Bertz CT molecular complexity index is 962. The molecule has 3 aromatic rings. The Morgan fingerprint density at radius 2 is 1.73 bits per heavy atom. The van der Waals surface area contributed by atoms with E-state index < -0.39 is 0 Å². The van der Waals surface area contributed by atoms with Gasteiger partial charge in [-0.05, 0) is 50.5 Å². The molecule has 0 saturated carbocycles. The highest BCUT2D eigenvalue weighted by Gasteiger charge is 2.21. The van der Waals surface area contributed by atoms with E-state index >= 15 is 0 Å². The van der Waals surface area contributed by atoms with Crippen molar-refractivity contribution in [1.82, 2.24) is 14.8 Å². The Balaban J connectivity index is 1.82. The van der Waals surface area contributed by atoms with Gasteiger partial charge in [0.1, 0.15) is 0 Å². The molecule has 0 N–H and O–H groups in total. The van der Waals surface area contributed by atoms with Crippen LogP contribution >= 0.6 is 11.8 Å². The van der Waals surface area contributed by atoms with Crippen molar-refractivity contribution in [2.75, 3.05) is 0 Å². The maximum atomic E-state index is 12.8. The monoisotopic (exact) mass is 365 g/mol. The average molecular weight is 366 g/mol. The smallest absolute Gasteiger partial charge is 0.191 e. The molecule has 2 aromatic carbocycles. The number of benzene rings is 2. The summed E-state index contributed by atoms with van der Waals surface area (Å²) in [5.41, 5.74) is 5.28. The zero-order valence-corrected chi connectivity index (χ0v) is 16.6. The fraction of sp³-hybridized carbons (Fsp3) is 0.286. The van der Waals surface area contributed by atoms with E-state index in [1.54, 1.807) is 0 Å². The van der Waals surface area contributed by atoms with Crippen LogP contribution < -0.4 is 0 Å². The Kier molecular flexibility index (Phi) is 5.28. The first-order chi connectivity index (χ1) is 12.4. The fourth-order valence-corrected chi connectivity index (χ4v) is 3.71. The number of carbonyl (C=O) groups is 1. The minimum absolute atomic E-state index is 0.110. The van der Waals surface area contributed by atoms with Crippen molar-refractivity contribution in [3.63, 3.8) is 0 Å². The molecule has 5 heteroatoms. The van der Waals surface area contributed by atoms with E-state index in [0.29, 0.717) is 0 Å². The minimum Gasteiger partial charge on any atom is -0.305 e. The summed E-state index contributed by atoms with van der Waals surface area (Å²) in [6.07, 6.45) is 0. The summed E-state index contributed by atoms with van der Waals surface area (Å²) in [5.74, 6) is 0.926. The van der Waals surface area contributed by atoms with Gasteiger partial charge in [-0.25, -0.2) is 0 Å². The van der Waals surface area contributed by atoms with E-state index in [2.05, 4.69) is 30.1 Å². The lowest BCUT2D eigenvalue weighted by Gasteiger charge is -2.11. The molecule has 0 radical (unpaired) electrons. The molecule has 0 amide bonds. The summed E-state index contributed by atoms with van der Waals surface area (Å²) in [4.78, 5) is 12.8. The molecule has 0 aliphatic carbocycles. The topological polar surface area (TPSA) is 47.8 Å². The van der Waals surface area contributed by atoms with E-state index in [-0.39, 0.29) is 11.0 Å². The summed E-state index contributed by atoms with van der Waals surface area (Å²) in [7, 11) is 1.94. The summed E-state index contributed by atoms with van der Waals surface area (Å²) < 4.78 is 1.96. The summed E-state index contributed by atoms with van der Waals surface area (Å²) >= 11 is 1.44. The van der Waals surface area contributed by atoms with E-state index in [1.807, 2.05) is 61.9 Å². The van der Waals surface area contributed by atoms with E-state index in [4.69, 9.17) is 0 Å². The highest BCUT2D eigenvalue weighted by atomic mass is 32.2. The molecule has 4 nitrogen and oxygen atoms in total. The van der Waals surface area contributed by atoms with Gasteiger partial charge in [0.05, 0.1) is 5.25 Å². The van der Waals surface area contributed by atoms with E-state index in [0.717, 1.165) is 33.2 Å². The van der Waals surface area contributed by atoms with Gasteiger partial charge in [0.15, 0.2) is 16.8 Å². The fourth-order valence-electron chi connectivity index (χ4n) is 2.82. The minimum atomic E-state index is -0.232. The molecule has 0 unspecified atom stereocenters. The van der Waals surface area contributed by atoms with Crippen LogP contribution in [0.5, 0.6) is 0 Å². The number of nitrogens with zero attached hydrogens (tertiary/aromatic N) is 3. The molecule has 1 aromatic heterocycles. The van der Waals surface area contributed by atoms with E-state index in [9.17, 15) is 4.79 Å². The van der Waals surface area contributed by atoms with E-state index in [1.165, 1.54) is 17.3 Å². The van der Waals surface area contributed by atoms with Gasteiger partial charge in [0.25, 0.3) is 0 Å². The molecular formula is C21H23N3OS. The number of hydrogen-bond donors (Lipinski definition) is 0. The highest BCUT2D eigenvalue weighted by molar-refractivity contribution is 8.00. The maximum absolute atomic E-state index is 12.8. The molecule has 1 atom stereocenters. The first-order valence-electron chi connectivity index (χ1n) is 8.62. The predicted molar refractivity (Wildman–Crippen MR) is 107 cm³/mol. The van der Waals surface area contributed by atoms with Crippen molar-refractivity contribution in [1.29, 1.82) is 0 Å². The lowest BCUT2D eigenvalue weighted by atomic mass is 10.0. The number of rotatable bonds is 5. The molecule has 0 aliphatic rings. The van der Waals surface area contributed by atoms with Crippen molar-refractivity contribution in [2.24, 2.45) is 7.05 Å². The van der Waals surface area contributed by atoms with Gasteiger partial charge < -0.3 is 4.57 Å². The van der Waals surface area contributed by atoms with Gasteiger partial charge in [-0.1, -0.05) is 48.2 Å². The SMILES string of the molecule is Cc1ccc(C(=O)[C@H](C)Sc2nnc(-c3ccccc3C)n2C)cc1C. The number of aryl methyl sites for hydroxylation is 3. The number of aromatic nitrogens is 3. The van der Waals surface area contributed by atoms with Crippen LogP contribution in [0, 0.1) is 20.8 Å². The van der Waals surface area contributed by atoms with Crippen LogP contribution in [0.2, 0.25) is 0 Å². The normalized spacial score (nSPS) is 12.2. The third kappa shape index (κ3) is 3.58. The summed E-state index contributed by atoms with van der Waals surface area (Å²) in [6.45, 7) is 8.06. The number of carbonyl (C=O) groups excluding carboxylic acids is 1. The van der Waals surface area contributed by atoms with Gasteiger partial charge >= 0.3 is 0 Å². The number of Topliss-reactive ketones (excluding diaryl/α,β-unsaturated/α-hetero) is 1. The molecule has 0 bridgehead atoms. The Morgan fingerprint density at radius 1 is 1.00 bits per heavy atom. The van der Waals surface area contributed by atoms with Crippen molar-refractivity contribution < 1.29 is 4.79 Å². The van der Waals surface area contributed by atoms with Crippen molar-refractivity contribution in [3.8, 4) is 11.4 Å². The summed E-state index contributed by atoms with van der Waals surface area (Å²) in [6, 6.07) is 14.0. The highest BCUT2D eigenvalue weighted by Crippen LogP contribution is 2.28. The van der Waals surface area contributed by atoms with Crippen LogP contribution in [0.1, 0.15) is 34.0 Å². The Hall–Kier alpha value is -2.40. The molecule has 0 aliphatic heterocycles. The second-order valence-corrected chi connectivity index (χ2v) is 7.91. The second kappa shape index (κ2) is 7.46. The standard InChI is InChI=1S/C21H23N3OS/c1-13-10-11-17(12-15(13)3)19(25)16(4)26-21-23-22-20(24(21)5)18-9-7-6-8-14(18)2/h6-12,16H,1-5H3/t16-/m0/s1. The first-order valence-corrected chi connectivity index (χ1v) is 9.50. The van der Waals surface area contributed by atoms with Crippen molar-refractivity contribution in [2.45, 2.75) is 38.1 Å². The van der Waals surface area contributed by atoms with Crippen LogP contribution in [0.15, 0.2) is 47.6 Å². The number of thioether (sulfide) groups is 1. The molecule has 0 fully saturated rings. The van der Waals surface area contributed by atoms with Crippen LogP contribution in [-0.4, -0.2) is 25.8 Å². The lowest BCUT2D eigenvalue weighted by Crippen LogP contribution is -2.14. The third-order valence-electron chi connectivity index (χ3n) is 4.66. The largest absolute Gasteiger partial charge is 0.305 e. The molecule has 1 heterocycles.